The van der Waals surface area contributed by atoms with Gasteiger partial charge in [0.05, 0.1) is 0 Å². The fourth-order valence-corrected chi connectivity index (χ4v) is 2.10. The fourth-order valence-electron chi connectivity index (χ4n) is 2.10. The van der Waals surface area contributed by atoms with Crippen molar-refractivity contribution in [3.63, 3.8) is 0 Å². The van der Waals surface area contributed by atoms with Gasteiger partial charge in [0.1, 0.15) is 18.6 Å². The minimum atomic E-state index is -0.493. The summed E-state index contributed by atoms with van der Waals surface area (Å²) in [6.45, 7) is 4.09. The molecule has 0 aliphatic heterocycles. The van der Waals surface area contributed by atoms with Crippen molar-refractivity contribution < 1.29 is 18.5 Å². The summed E-state index contributed by atoms with van der Waals surface area (Å²) in [6, 6.07) is 6.91. The van der Waals surface area contributed by atoms with E-state index in [1.165, 1.54) is 35.4 Å². The average molecular weight is 319 g/mol. The average Bonchev–Trinajstić information content (AvgIpc) is 2.98. The number of aromatic nitrogens is 1. The smallest absolute Gasteiger partial charge is 0.254 e. The Morgan fingerprint density at radius 2 is 2.13 bits per heavy atom. The maximum atomic E-state index is 13.3. The Kier molecular flexibility index (Phi) is 5.46. The summed E-state index contributed by atoms with van der Waals surface area (Å²) in [5, 5.41) is 6.11. The van der Waals surface area contributed by atoms with Crippen molar-refractivity contribution in [3.05, 3.63) is 48.0 Å². The van der Waals surface area contributed by atoms with Crippen LogP contribution in [0.1, 0.15) is 24.2 Å². The number of anilines is 1. The lowest BCUT2D eigenvalue weighted by Gasteiger charge is -2.24. The van der Waals surface area contributed by atoms with E-state index >= 15 is 0 Å². The van der Waals surface area contributed by atoms with Crippen LogP contribution in [0.4, 0.5) is 10.2 Å². The molecule has 0 aliphatic rings. The van der Waals surface area contributed by atoms with Gasteiger partial charge in [0.15, 0.2) is 5.82 Å². The van der Waals surface area contributed by atoms with Crippen molar-refractivity contribution in [1.29, 1.82) is 0 Å². The van der Waals surface area contributed by atoms with Crippen LogP contribution in [-0.4, -0.2) is 35.0 Å². The molecule has 1 aromatic carbocycles. The Morgan fingerprint density at radius 1 is 1.35 bits per heavy atom. The van der Waals surface area contributed by atoms with E-state index in [1.54, 1.807) is 0 Å². The summed E-state index contributed by atoms with van der Waals surface area (Å²) in [5.74, 6) is -0.852. The molecular weight excluding hydrogens is 301 g/mol. The minimum absolute atomic E-state index is 0.152. The van der Waals surface area contributed by atoms with E-state index in [9.17, 15) is 14.0 Å². The third-order valence-electron chi connectivity index (χ3n) is 2.98. The molecule has 2 aromatic rings. The van der Waals surface area contributed by atoms with Gasteiger partial charge < -0.3 is 14.7 Å². The highest BCUT2D eigenvalue weighted by atomic mass is 19.1. The number of amides is 2. The molecule has 0 radical (unpaired) electrons. The number of hydrogen-bond acceptors (Lipinski definition) is 4. The molecule has 0 saturated carbocycles. The standard InChI is InChI=1S/C16H18FN3O3/c1-11(2)9-20(10-15(21)18-14-6-7-23-19-14)16(22)12-4-3-5-13(17)8-12/h3-8,11H,9-10H2,1-2H3,(H,18,19,21). The van der Waals surface area contributed by atoms with Crippen molar-refractivity contribution >= 4 is 17.6 Å². The molecule has 1 heterocycles. The maximum Gasteiger partial charge on any atom is 0.254 e. The van der Waals surface area contributed by atoms with E-state index in [-0.39, 0.29) is 23.8 Å². The molecule has 0 fully saturated rings. The van der Waals surface area contributed by atoms with Crippen LogP contribution in [0.2, 0.25) is 0 Å². The normalized spacial score (nSPS) is 10.6. The Morgan fingerprint density at radius 3 is 2.74 bits per heavy atom. The highest BCUT2D eigenvalue weighted by Gasteiger charge is 2.20. The van der Waals surface area contributed by atoms with Gasteiger partial charge in [-0.05, 0) is 24.1 Å². The van der Waals surface area contributed by atoms with Crippen LogP contribution in [0.5, 0.6) is 0 Å². The van der Waals surface area contributed by atoms with Gasteiger partial charge in [0, 0.05) is 18.2 Å². The second-order valence-electron chi connectivity index (χ2n) is 5.52. The van der Waals surface area contributed by atoms with Gasteiger partial charge in [-0.2, -0.15) is 0 Å². The van der Waals surface area contributed by atoms with Gasteiger partial charge in [0.25, 0.3) is 5.91 Å². The summed E-state index contributed by atoms with van der Waals surface area (Å²) in [4.78, 5) is 25.9. The zero-order chi connectivity index (χ0) is 16.8. The molecular formula is C16H18FN3O3. The van der Waals surface area contributed by atoms with Crippen molar-refractivity contribution in [2.45, 2.75) is 13.8 Å². The quantitative estimate of drug-likeness (QED) is 0.888. The second-order valence-corrected chi connectivity index (χ2v) is 5.52. The first-order valence-electron chi connectivity index (χ1n) is 7.21. The van der Waals surface area contributed by atoms with E-state index in [4.69, 9.17) is 0 Å². The topological polar surface area (TPSA) is 75.4 Å². The Balaban J connectivity index is 2.09. The van der Waals surface area contributed by atoms with Crippen LogP contribution >= 0.6 is 0 Å². The molecule has 0 spiro atoms. The number of benzene rings is 1. The molecule has 2 rings (SSSR count). The SMILES string of the molecule is CC(C)CN(CC(=O)Nc1ccon1)C(=O)c1cccc(F)c1. The molecule has 0 unspecified atom stereocenters. The number of nitrogens with zero attached hydrogens (tertiary/aromatic N) is 2. The van der Waals surface area contributed by atoms with Crippen LogP contribution < -0.4 is 5.32 Å². The number of nitrogens with one attached hydrogen (secondary N) is 1. The Hall–Kier alpha value is -2.70. The summed E-state index contributed by atoms with van der Waals surface area (Å²) >= 11 is 0. The minimum Gasteiger partial charge on any atom is -0.363 e. The number of hydrogen-bond donors (Lipinski definition) is 1. The van der Waals surface area contributed by atoms with Crippen LogP contribution in [0.15, 0.2) is 41.1 Å². The summed E-state index contributed by atoms with van der Waals surface area (Å²) < 4.78 is 17.9. The molecule has 0 atom stereocenters. The zero-order valence-electron chi connectivity index (χ0n) is 13.0. The predicted molar refractivity (Wildman–Crippen MR) is 82.3 cm³/mol. The number of carbonyl (C=O) groups is 2. The lowest BCUT2D eigenvalue weighted by molar-refractivity contribution is -0.117. The first-order valence-corrected chi connectivity index (χ1v) is 7.21. The van der Waals surface area contributed by atoms with Crippen LogP contribution in [-0.2, 0) is 4.79 Å². The molecule has 2 amide bonds. The summed E-state index contributed by atoms with van der Waals surface area (Å²) in [5.41, 5.74) is 0.208. The van der Waals surface area contributed by atoms with E-state index in [0.29, 0.717) is 6.54 Å². The first-order chi connectivity index (χ1) is 11.0. The van der Waals surface area contributed by atoms with E-state index in [0.717, 1.165) is 6.07 Å². The highest BCUT2D eigenvalue weighted by Crippen LogP contribution is 2.10. The molecule has 1 N–H and O–H groups in total. The molecule has 0 aliphatic carbocycles. The van der Waals surface area contributed by atoms with Crippen LogP contribution in [0.25, 0.3) is 0 Å². The third-order valence-corrected chi connectivity index (χ3v) is 2.98. The van der Waals surface area contributed by atoms with Crippen LogP contribution in [0.3, 0.4) is 0 Å². The van der Waals surface area contributed by atoms with Gasteiger partial charge >= 0.3 is 0 Å². The van der Waals surface area contributed by atoms with Gasteiger partial charge in [-0.3, -0.25) is 9.59 Å². The molecule has 0 saturated heterocycles. The van der Waals surface area contributed by atoms with E-state index in [2.05, 4.69) is 15.0 Å². The summed E-state index contributed by atoms with van der Waals surface area (Å²) in [7, 11) is 0. The lowest BCUT2D eigenvalue weighted by atomic mass is 10.1. The van der Waals surface area contributed by atoms with Gasteiger partial charge in [0.2, 0.25) is 5.91 Å². The molecule has 1 aromatic heterocycles. The van der Waals surface area contributed by atoms with Gasteiger partial charge in [-0.25, -0.2) is 4.39 Å². The Labute approximate surface area is 133 Å². The molecule has 122 valence electrons. The summed E-state index contributed by atoms with van der Waals surface area (Å²) in [6.07, 6.45) is 1.33. The molecule has 23 heavy (non-hydrogen) atoms. The van der Waals surface area contributed by atoms with Crippen LogP contribution in [0, 0.1) is 11.7 Å². The number of carbonyl (C=O) groups excluding carboxylic acids is 2. The molecule has 7 heteroatoms. The predicted octanol–water partition coefficient (Wildman–Crippen LogP) is 2.55. The monoisotopic (exact) mass is 319 g/mol. The molecule has 6 nitrogen and oxygen atoms in total. The third kappa shape index (κ3) is 4.91. The Bertz CT molecular complexity index is 671. The second kappa shape index (κ2) is 7.53. The van der Waals surface area contributed by atoms with E-state index in [1.807, 2.05) is 13.8 Å². The van der Waals surface area contributed by atoms with Crippen molar-refractivity contribution in [1.82, 2.24) is 10.1 Å². The zero-order valence-corrected chi connectivity index (χ0v) is 13.0. The van der Waals surface area contributed by atoms with Crippen molar-refractivity contribution in [2.24, 2.45) is 5.92 Å². The van der Waals surface area contributed by atoms with Crippen molar-refractivity contribution in [2.75, 3.05) is 18.4 Å². The van der Waals surface area contributed by atoms with Crippen molar-refractivity contribution in [3.8, 4) is 0 Å². The maximum absolute atomic E-state index is 13.3. The highest BCUT2D eigenvalue weighted by molar-refractivity contribution is 5.99. The molecule has 0 bridgehead atoms. The van der Waals surface area contributed by atoms with Gasteiger partial charge in [-0.15, -0.1) is 0 Å². The fraction of sp³-hybridized carbons (Fsp3) is 0.312. The largest absolute Gasteiger partial charge is 0.363 e. The van der Waals surface area contributed by atoms with E-state index < -0.39 is 17.6 Å². The van der Waals surface area contributed by atoms with Gasteiger partial charge in [-0.1, -0.05) is 25.1 Å². The number of halogens is 1. The first kappa shape index (κ1) is 16.7. The lowest BCUT2D eigenvalue weighted by Crippen LogP contribution is -2.40. The number of rotatable bonds is 6.